The van der Waals surface area contributed by atoms with E-state index < -0.39 is 41.2 Å². The summed E-state index contributed by atoms with van der Waals surface area (Å²) in [4.78, 5) is 69.0. The van der Waals surface area contributed by atoms with Crippen LogP contribution >= 0.6 is 0 Å². The number of hydrogen-bond donors (Lipinski definition) is 5. The van der Waals surface area contributed by atoms with Crippen LogP contribution in [0.25, 0.3) is 0 Å². The summed E-state index contributed by atoms with van der Waals surface area (Å²) in [6.07, 6.45) is 6.48. The Kier molecular flexibility index (Phi) is 23.0. The molecule has 6 atom stereocenters. The van der Waals surface area contributed by atoms with E-state index in [1.165, 1.54) is 55.7 Å². The quantitative estimate of drug-likeness (QED) is 0.0361. The van der Waals surface area contributed by atoms with Gasteiger partial charge in [-0.15, -0.1) is 0 Å². The number of rotatable bonds is 20. The minimum atomic E-state index is -5.08. The summed E-state index contributed by atoms with van der Waals surface area (Å²) >= 11 is 0. The lowest BCUT2D eigenvalue weighted by atomic mass is 9.50. The number of carboxylic acids is 2. The van der Waals surface area contributed by atoms with Gasteiger partial charge in [0.25, 0.3) is 0 Å². The standard InChI is InChI=1S/C51H75N3O8.2C2HF3O2/c1-48-25-13-27-50(3,45(56)59-5)42(48)23-19-36-17-21-38(34-40(36)48)61-44(55)16-12-31-52-29-10-8-7-9-11-30-53-32-15-33-54-47(58)62-39-22-18-37-20-24-43-49(2,41(37)35-39)26-14-28-51(43,4)46(57)60-6;2*3-2(4,5)1(6)7/h17-18,21-22,34-35,42-43,52-53H,7-16,19-20,23-33H2,1-6H3,(H,54,58);2*(H,6,7)/t42-,43-,48-,49-,50+,51+;;/m1../s1. The first kappa shape index (κ1) is 63.1. The van der Waals surface area contributed by atoms with Gasteiger partial charge in [-0.1, -0.05) is 58.1 Å². The molecule has 76 heavy (non-hydrogen) atoms. The van der Waals surface area contributed by atoms with Crippen molar-refractivity contribution in [3.8, 4) is 11.5 Å². The van der Waals surface area contributed by atoms with Gasteiger partial charge < -0.3 is 45.1 Å². The monoisotopic (exact) mass is 1090 g/mol. The fourth-order valence-corrected chi connectivity index (χ4v) is 12.3. The second-order valence-electron chi connectivity index (χ2n) is 21.3. The Bertz CT molecular complexity index is 2160. The van der Waals surface area contributed by atoms with Gasteiger partial charge in [0.05, 0.1) is 25.0 Å². The number of halogens is 6. The summed E-state index contributed by atoms with van der Waals surface area (Å²) in [6.45, 7) is 12.8. The van der Waals surface area contributed by atoms with Crippen LogP contribution < -0.4 is 25.4 Å². The summed E-state index contributed by atoms with van der Waals surface area (Å²) in [5.41, 5.74) is 3.67. The van der Waals surface area contributed by atoms with Crippen molar-refractivity contribution in [3.63, 3.8) is 0 Å². The van der Waals surface area contributed by atoms with Gasteiger partial charge in [-0.3, -0.25) is 14.4 Å². The molecule has 1 amide bonds. The molecule has 5 N–H and O–H groups in total. The van der Waals surface area contributed by atoms with E-state index in [-0.39, 0.29) is 40.6 Å². The second kappa shape index (κ2) is 27.7. The van der Waals surface area contributed by atoms with Crippen molar-refractivity contribution in [1.82, 2.24) is 16.0 Å². The smallest absolute Gasteiger partial charge is 0.475 e. The van der Waals surface area contributed by atoms with Crippen LogP contribution in [0, 0.1) is 22.7 Å². The molecule has 0 heterocycles. The van der Waals surface area contributed by atoms with Crippen molar-refractivity contribution in [1.29, 1.82) is 0 Å². The zero-order valence-electron chi connectivity index (χ0n) is 44.6. The molecule has 0 saturated heterocycles. The summed E-state index contributed by atoms with van der Waals surface area (Å²) in [5, 5.41) is 24.1. The van der Waals surface area contributed by atoms with E-state index >= 15 is 0 Å². The van der Waals surface area contributed by atoms with E-state index in [1.807, 2.05) is 18.2 Å². The molecule has 2 aromatic rings. The number of aryl methyl sites for hydroxylation is 2. The van der Waals surface area contributed by atoms with Gasteiger partial charge >= 0.3 is 48.3 Å². The largest absolute Gasteiger partial charge is 0.490 e. The first-order valence-corrected chi connectivity index (χ1v) is 26.3. The van der Waals surface area contributed by atoms with Crippen molar-refractivity contribution in [3.05, 3.63) is 58.7 Å². The molecular weight excluding hydrogens is 1010 g/mol. The minimum absolute atomic E-state index is 0.110. The Morgan fingerprint density at radius 2 is 0.961 bits per heavy atom. The van der Waals surface area contributed by atoms with Gasteiger partial charge in [0, 0.05) is 13.0 Å². The Balaban J connectivity index is 0.000000784. The van der Waals surface area contributed by atoms with E-state index in [4.69, 9.17) is 38.7 Å². The molecule has 0 bridgehead atoms. The van der Waals surface area contributed by atoms with Gasteiger partial charge in [-0.2, -0.15) is 26.3 Å². The van der Waals surface area contributed by atoms with Crippen LogP contribution in [0.3, 0.4) is 0 Å². The van der Waals surface area contributed by atoms with Crippen LogP contribution in [0.15, 0.2) is 36.4 Å². The first-order chi connectivity index (χ1) is 35.7. The number of esters is 3. The van der Waals surface area contributed by atoms with Crippen molar-refractivity contribution >= 4 is 35.9 Å². The SMILES string of the molecule is COC(=O)[C@@]1(C)CCC[C@]2(C)c3cc(OC(=O)CCCNCCCCCCCNCCCNC(=O)Oc4ccc5c(c4)[C@@]4(C)CCC[C@](C)(C(=O)OC)[C@@H]4CC5)ccc3CC[C@@H]12.O=C(O)C(F)(F)F.O=C(O)C(F)(F)F. The second-order valence-corrected chi connectivity index (χ2v) is 21.3. The fraction of sp³-hybridized carbons (Fsp3) is 0.673. The maximum atomic E-state index is 12.9. The van der Waals surface area contributed by atoms with Crippen molar-refractivity contribution in [2.75, 3.05) is 46.9 Å². The number of aliphatic carboxylic acids is 2. The predicted molar refractivity (Wildman–Crippen MR) is 269 cm³/mol. The number of fused-ring (bicyclic) bond motifs is 6. The van der Waals surface area contributed by atoms with Crippen LogP contribution in [0.2, 0.25) is 0 Å². The third-order valence-electron chi connectivity index (χ3n) is 16.1. The number of carbonyl (C=O) groups excluding carboxylic acids is 4. The van der Waals surface area contributed by atoms with Crippen molar-refractivity contribution in [2.24, 2.45) is 22.7 Å². The van der Waals surface area contributed by atoms with Crippen molar-refractivity contribution in [2.45, 2.75) is 166 Å². The minimum Gasteiger partial charge on any atom is -0.475 e. The van der Waals surface area contributed by atoms with E-state index in [0.717, 1.165) is 116 Å². The van der Waals surface area contributed by atoms with Gasteiger partial charge in [-0.25, -0.2) is 14.4 Å². The molecular formula is C55H77F6N3O12. The molecule has 0 radical (unpaired) electrons. The maximum Gasteiger partial charge on any atom is 0.490 e. The Morgan fingerprint density at radius 3 is 1.38 bits per heavy atom. The molecule has 0 unspecified atom stereocenters. The average Bonchev–Trinajstić information content (AvgIpc) is 3.35. The van der Waals surface area contributed by atoms with Gasteiger partial charge in [0.1, 0.15) is 11.5 Å². The molecule has 15 nitrogen and oxygen atoms in total. The van der Waals surface area contributed by atoms with Gasteiger partial charge in [0.15, 0.2) is 0 Å². The number of ether oxygens (including phenoxy) is 4. The highest BCUT2D eigenvalue weighted by molar-refractivity contribution is 5.78. The molecule has 4 aliphatic rings. The summed E-state index contributed by atoms with van der Waals surface area (Å²) in [7, 11) is 2.98. The normalized spacial score (nSPS) is 24.4. The molecule has 0 aromatic heterocycles. The lowest BCUT2D eigenvalue weighted by molar-refractivity contribution is -0.193. The molecule has 2 saturated carbocycles. The maximum absolute atomic E-state index is 12.9. The van der Waals surface area contributed by atoms with Crippen LogP contribution in [0.4, 0.5) is 31.1 Å². The number of methoxy groups -OCH3 is 2. The van der Waals surface area contributed by atoms with Crippen LogP contribution in [-0.2, 0) is 57.1 Å². The number of carboxylic acid groups (broad SMARTS) is 2. The third kappa shape index (κ3) is 16.5. The highest BCUT2D eigenvalue weighted by Crippen LogP contribution is 2.59. The highest BCUT2D eigenvalue weighted by atomic mass is 19.4. The van der Waals surface area contributed by atoms with Crippen LogP contribution in [-0.4, -0.2) is 105 Å². The van der Waals surface area contributed by atoms with E-state index in [9.17, 15) is 45.5 Å². The molecule has 2 fully saturated rings. The van der Waals surface area contributed by atoms with E-state index in [1.54, 1.807) is 0 Å². The fourth-order valence-electron chi connectivity index (χ4n) is 12.3. The van der Waals surface area contributed by atoms with Gasteiger partial charge in [0.2, 0.25) is 0 Å². The molecule has 0 spiro atoms. The molecule has 21 heteroatoms. The first-order valence-electron chi connectivity index (χ1n) is 26.3. The highest BCUT2D eigenvalue weighted by Gasteiger charge is 2.57. The van der Waals surface area contributed by atoms with E-state index in [0.29, 0.717) is 24.5 Å². The van der Waals surface area contributed by atoms with Crippen LogP contribution in [0.1, 0.15) is 153 Å². The summed E-state index contributed by atoms with van der Waals surface area (Å²) in [5.74, 6) is -4.43. The topological polar surface area (TPSA) is 216 Å². The molecule has 0 aliphatic heterocycles. The van der Waals surface area contributed by atoms with E-state index in [2.05, 4.69) is 61.8 Å². The van der Waals surface area contributed by atoms with Gasteiger partial charge in [-0.05, 0) is 186 Å². The summed E-state index contributed by atoms with van der Waals surface area (Å²) < 4.78 is 85.5. The number of nitrogens with one attached hydrogen (secondary N) is 3. The number of carbonyl (C=O) groups is 6. The zero-order chi connectivity index (χ0) is 56.5. The van der Waals surface area contributed by atoms with Crippen molar-refractivity contribution < 1.29 is 84.3 Å². The number of benzene rings is 2. The average molecular weight is 1090 g/mol. The predicted octanol–water partition coefficient (Wildman–Crippen LogP) is 10.3. The third-order valence-corrected chi connectivity index (χ3v) is 16.1. The lowest BCUT2D eigenvalue weighted by Crippen LogP contribution is -2.52. The molecule has 4 aliphatic carbocycles. The number of alkyl halides is 6. The number of amides is 1. The number of hydrogen-bond acceptors (Lipinski definition) is 12. The molecule has 6 rings (SSSR count). The molecule has 426 valence electrons. The summed E-state index contributed by atoms with van der Waals surface area (Å²) in [6, 6.07) is 12.1. The Labute approximate surface area is 441 Å². The van der Waals surface area contributed by atoms with Crippen LogP contribution in [0.5, 0.6) is 11.5 Å². The lowest BCUT2D eigenvalue weighted by Gasteiger charge is -2.54. The Morgan fingerprint density at radius 1 is 0.566 bits per heavy atom. The molecule has 2 aromatic carbocycles. The zero-order valence-corrected chi connectivity index (χ0v) is 44.6. The number of unbranched alkanes of at least 4 members (excludes halogenated alkanes) is 4. The Hall–Kier alpha value is -5.44.